The molecule has 2 heterocycles. The molecule has 1 aliphatic rings. The number of rotatable bonds is 7. The molecule has 5 nitrogen and oxygen atoms in total. The molecule has 1 fully saturated rings. The number of likely N-dealkylation sites (tertiary alicyclic amines) is 1. The molecule has 0 aliphatic carbocycles. The van der Waals surface area contributed by atoms with E-state index in [0.29, 0.717) is 5.92 Å². The summed E-state index contributed by atoms with van der Waals surface area (Å²) in [6.45, 7) is 6.33. The van der Waals surface area contributed by atoms with Gasteiger partial charge in [-0.05, 0) is 74.0 Å². The summed E-state index contributed by atoms with van der Waals surface area (Å²) in [4.78, 5) is 21.5. The highest BCUT2D eigenvalue weighted by atomic mass is 16.2. The van der Waals surface area contributed by atoms with Crippen LogP contribution in [0.1, 0.15) is 34.3 Å². The zero-order valence-corrected chi connectivity index (χ0v) is 18.6. The normalized spacial score (nSPS) is 16.9. The van der Waals surface area contributed by atoms with Crippen LogP contribution in [0.5, 0.6) is 0 Å². The number of amides is 1. The highest BCUT2D eigenvalue weighted by Gasteiger charge is 2.23. The van der Waals surface area contributed by atoms with E-state index >= 15 is 0 Å². The van der Waals surface area contributed by atoms with E-state index in [1.807, 2.05) is 47.0 Å². The molecule has 0 radical (unpaired) electrons. The molecule has 1 aliphatic heterocycles. The standard InChI is InChI=1S/C26H32N4O/c1-21-6-3-4-8-23(21)13-16-29-15-5-7-22(19-29)18-28(2)26(31)24-9-11-25(12-10-24)30-17-14-27-20-30/h3-4,6,8-12,14,17,20,22H,5,7,13,15-16,18-19H2,1-2H3/t22-/m1/s1. The number of carbonyl (C=O) groups is 1. The van der Waals surface area contributed by atoms with E-state index < -0.39 is 0 Å². The van der Waals surface area contributed by atoms with Crippen molar-refractivity contribution in [2.45, 2.75) is 26.2 Å². The fraction of sp³-hybridized carbons (Fsp3) is 0.385. The van der Waals surface area contributed by atoms with Crippen molar-refractivity contribution in [3.8, 4) is 5.69 Å². The first kappa shape index (κ1) is 21.3. The van der Waals surface area contributed by atoms with Gasteiger partial charge in [-0.3, -0.25) is 4.79 Å². The van der Waals surface area contributed by atoms with E-state index in [2.05, 4.69) is 41.1 Å². The Labute approximate surface area is 185 Å². The molecule has 162 valence electrons. The lowest BCUT2D eigenvalue weighted by molar-refractivity contribution is 0.0730. The van der Waals surface area contributed by atoms with Crippen LogP contribution >= 0.6 is 0 Å². The molecule has 31 heavy (non-hydrogen) atoms. The highest BCUT2D eigenvalue weighted by Crippen LogP contribution is 2.20. The van der Waals surface area contributed by atoms with Gasteiger partial charge in [-0.25, -0.2) is 4.98 Å². The Bertz CT molecular complexity index is 981. The van der Waals surface area contributed by atoms with E-state index in [1.54, 1.807) is 12.5 Å². The van der Waals surface area contributed by atoms with Crippen molar-refractivity contribution in [3.05, 3.63) is 83.9 Å². The van der Waals surface area contributed by atoms with E-state index in [-0.39, 0.29) is 5.91 Å². The zero-order valence-electron chi connectivity index (χ0n) is 18.6. The summed E-state index contributed by atoms with van der Waals surface area (Å²) in [6, 6.07) is 16.4. The molecular formula is C26H32N4O. The zero-order chi connectivity index (χ0) is 21.6. The van der Waals surface area contributed by atoms with Crippen LogP contribution in [0.3, 0.4) is 0 Å². The third kappa shape index (κ3) is 5.42. The van der Waals surface area contributed by atoms with Crippen molar-refractivity contribution in [1.82, 2.24) is 19.4 Å². The van der Waals surface area contributed by atoms with Gasteiger partial charge in [-0.15, -0.1) is 0 Å². The van der Waals surface area contributed by atoms with Crippen LogP contribution in [0.15, 0.2) is 67.3 Å². The minimum Gasteiger partial charge on any atom is -0.341 e. The maximum absolute atomic E-state index is 12.9. The molecule has 0 unspecified atom stereocenters. The second-order valence-corrected chi connectivity index (χ2v) is 8.69. The molecule has 5 heteroatoms. The minimum atomic E-state index is 0.0919. The van der Waals surface area contributed by atoms with Crippen molar-refractivity contribution >= 4 is 5.91 Å². The number of benzene rings is 2. The van der Waals surface area contributed by atoms with E-state index in [4.69, 9.17) is 0 Å². The van der Waals surface area contributed by atoms with Crippen LogP contribution in [0.4, 0.5) is 0 Å². The first-order valence-electron chi connectivity index (χ1n) is 11.2. The lowest BCUT2D eigenvalue weighted by Crippen LogP contribution is -2.42. The van der Waals surface area contributed by atoms with E-state index in [0.717, 1.165) is 43.9 Å². The summed E-state index contributed by atoms with van der Waals surface area (Å²) in [5, 5.41) is 0. The van der Waals surface area contributed by atoms with E-state index in [9.17, 15) is 4.79 Å². The van der Waals surface area contributed by atoms with Gasteiger partial charge in [0.1, 0.15) is 0 Å². The molecule has 1 amide bonds. The highest BCUT2D eigenvalue weighted by molar-refractivity contribution is 5.94. The predicted molar refractivity (Wildman–Crippen MR) is 125 cm³/mol. The van der Waals surface area contributed by atoms with Gasteiger partial charge in [0.15, 0.2) is 0 Å². The number of hydrogen-bond donors (Lipinski definition) is 0. The topological polar surface area (TPSA) is 41.4 Å². The summed E-state index contributed by atoms with van der Waals surface area (Å²) in [5.41, 5.74) is 4.56. The molecule has 1 aromatic heterocycles. The van der Waals surface area contributed by atoms with Crippen molar-refractivity contribution in [3.63, 3.8) is 0 Å². The SMILES string of the molecule is Cc1ccccc1CCN1CCC[C@H](CN(C)C(=O)c2ccc(-n3ccnc3)cc2)C1. The second-order valence-electron chi connectivity index (χ2n) is 8.69. The molecular weight excluding hydrogens is 384 g/mol. The van der Waals surface area contributed by atoms with Crippen LogP contribution in [0.2, 0.25) is 0 Å². The summed E-state index contributed by atoms with van der Waals surface area (Å²) in [7, 11) is 1.93. The number of carbonyl (C=O) groups excluding carboxylic acids is 1. The Morgan fingerprint density at radius 2 is 1.97 bits per heavy atom. The maximum atomic E-state index is 12.9. The summed E-state index contributed by atoms with van der Waals surface area (Å²) in [6.07, 6.45) is 8.91. The summed E-state index contributed by atoms with van der Waals surface area (Å²) < 4.78 is 1.94. The third-order valence-corrected chi connectivity index (χ3v) is 6.36. The first-order chi connectivity index (χ1) is 15.1. The first-order valence-corrected chi connectivity index (χ1v) is 11.2. The van der Waals surface area contributed by atoms with Gasteiger partial charge in [0.25, 0.3) is 5.91 Å². The smallest absolute Gasteiger partial charge is 0.253 e. The fourth-order valence-corrected chi connectivity index (χ4v) is 4.55. The van der Waals surface area contributed by atoms with Crippen molar-refractivity contribution in [1.29, 1.82) is 0 Å². The predicted octanol–water partition coefficient (Wildman–Crippen LogP) is 4.21. The largest absolute Gasteiger partial charge is 0.341 e. The minimum absolute atomic E-state index is 0.0919. The average molecular weight is 417 g/mol. The second kappa shape index (κ2) is 9.92. The Morgan fingerprint density at radius 3 is 2.71 bits per heavy atom. The average Bonchev–Trinajstić information content (AvgIpc) is 3.33. The maximum Gasteiger partial charge on any atom is 0.253 e. The van der Waals surface area contributed by atoms with Gasteiger partial charge in [0.05, 0.1) is 6.33 Å². The van der Waals surface area contributed by atoms with Crippen LogP contribution in [0.25, 0.3) is 5.69 Å². The van der Waals surface area contributed by atoms with Crippen molar-refractivity contribution < 1.29 is 4.79 Å². The third-order valence-electron chi connectivity index (χ3n) is 6.36. The molecule has 0 spiro atoms. The van der Waals surface area contributed by atoms with Gasteiger partial charge in [-0.1, -0.05) is 24.3 Å². The van der Waals surface area contributed by atoms with Gasteiger partial charge in [-0.2, -0.15) is 0 Å². The van der Waals surface area contributed by atoms with Crippen LogP contribution in [-0.2, 0) is 6.42 Å². The number of nitrogens with zero attached hydrogens (tertiary/aromatic N) is 4. The Kier molecular flexibility index (Phi) is 6.82. The monoisotopic (exact) mass is 416 g/mol. The molecule has 0 bridgehead atoms. The molecule has 4 rings (SSSR count). The molecule has 1 atom stereocenters. The number of hydrogen-bond acceptors (Lipinski definition) is 3. The van der Waals surface area contributed by atoms with Gasteiger partial charge in [0, 0.05) is 50.3 Å². The molecule has 1 saturated heterocycles. The molecule has 3 aromatic rings. The Balaban J connectivity index is 1.29. The molecule has 0 N–H and O–H groups in total. The van der Waals surface area contributed by atoms with Crippen molar-refractivity contribution in [2.75, 3.05) is 33.2 Å². The molecule has 2 aromatic carbocycles. The number of piperidine rings is 1. The molecule has 0 saturated carbocycles. The number of imidazole rings is 1. The van der Waals surface area contributed by atoms with Crippen LogP contribution in [0, 0.1) is 12.8 Å². The van der Waals surface area contributed by atoms with Gasteiger partial charge < -0.3 is 14.4 Å². The summed E-state index contributed by atoms with van der Waals surface area (Å²) >= 11 is 0. The summed E-state index contributed by atoms with van der Waals surface area (Å²) in [5.74, 6) is 0.624. The number of aryl methyl sites for hydroxylation is 1. The van der Waals surface area contributed by atoms with Gasteiger partial charge in [0.2, 0.25) is 0 Å². The number of aromatic nitrogens is 2. The lowest BCUT2D eigenvalue weighted by atomic mass is 9.96. The van der Waals surface area contributed by atoms with Crippen LogP contribution in [-0.4, -0.2) is 58.5 Å². The Hall–Kier alpha value is -2.92. The van der Waals surface area contributed by atoms with Crippen LogP contribution < -0.4 is 0 Å². The lowest BCUT2D eigenvalue weighted by Gasteiger charge is -2.35. The van der Waals surface area contributed by atoms with Gasteiger partial charge >= 0.3 is 0 Å². The quantitative estimate of drug-likeness (QED) is 0.579. The van der Waals surface area contributed by atoms with E-state index in [1.165, 1.54) is 24.0 Å². The van der Waals surface area contributed by atoms with Crippen molar-refractivity contribution in [2.24, 2.45) is 5.92 Å². The Morgan fingerprint density at radius 1 is 1.16 bits per heavy atom. The fourth-order valence-electron chi connectivity index (χ4n) is 4.55.